The summed E-state index contributed by atoms with van der Waals surface area (Å²) in [7, 11) is 0. The number of hydrogen-bond acceptors (Lipinski definition) is 5. The number of benzene rings is 3. The van der Waals surface area contributed by atoms with Crippen LogP contribution in [0, 0.1) is 5.92 Å². The standard InChI is InChI=1S/C26H27N3O4/c1-2-3-4-7-28-14-23(31)29-20-6-5-15-8-16-10-19-13-22(30)24(26(27)33)25(32)21(19)12-18(16)9-17(15)11-20/h5-6,8-12,24,28H,2-4,7,13-14H2,1H3,(H2,27,33)(H,29,31). The maximum absolute atomic E-state index is 12.7. The highest BCUT2D eigenvalue weighted by Crippen LogP contribution is 2.31. The minimum Gasteiger partial charge on any atom is -0.369 e. The zero-order valence-electron chi connectivity index (χ0n) is 18.6. The quantitative estimate of drug-likeness (QED) is 0.280. The van der Waals surface area contributed by atoms with E-state index >= 15 is 0 Å². The van der Waals surface area contributed by atoms with Crippen LogP contribution in [0.3, 0.4) is 0 Å². The van der Waals surface area contributed by atoms with Gasteiger partial charge in [0.1, 0.15) is 0 Å². The molecule has 0 spiro atoms. The molecule has 170 valence electrons. The van der Waals surface area contributed by atoms with Crippen LogP contribution in [0.25, 0.3) is 21.5 Å². The fraction of sp³-hybridized carbons (Fsp3) is 0.308. The van der Waals surface area contributed by atoms with Gasteiger partial charge >= 0.3 is 0 Å². The summed E-state index contributed by atoms with van der Waals surface area (Å²) in [5.74, 6) is -3.42. The molecule has 0 saturated heterocycles. The van der Waals surface area contributed by atoms with Gasteiger partial charge in [-0.2, -0.15) is 0 Å². The van der Waals surface area contributed by atoms with Crippen molar-refractivity contribution in [1.29, 1.82) is 0 Å². The maximum atomic E-state index is 12.7. The third kappa shape index (κ3) is 4.78. The SMILES string of the molecule is CCCCCNCC(=O)Nc1ccc2cc3cc4c(cc3cc2c1)C(=O)C(C(N)=O)C(=O)C4. The number of carbonyl (C=O) groups is 4. The van der Waals surface area contributed by atoms with E-state index in [-0.39, 0.29) is 18.9 Å². The largest absolute Gasteiger partial charge is 0.369 e. The van der Waals surface area contributed by atoms with E-state index in [2.05, 4.69) is 17.6 Å². The topological polar surface area (TPSA) is 118 Å². The van der Waals surface area contributed by atoms with Crippen molar-refractivity contribution in [1.82, 2.24) is 5.32 Å². The van der Waals surface area contributed by atoms with Crippen LogP contribution in [0.1, 0.15) is 42.1 Å². The van der Waals surface area contributed by atoms with Crippen LogP contribution in [0.4, 0.5) is 5.69 Å². The van der Waals surface area contributed by atoms with E-state index in [1.54, 1.807) is 6.07 Å². The van der Waals surface area contributed by atoms with Crippen LogP contribution in [0.2, 0.25) is 0 Å². The predicted molar refractivity (Wildman–Crippen MR) is 128 cm³/mol. The second-order valence-corrected chi connectivity index (χ2v) is 8.55. The summed E-state index contributed by atoms with van der Waals surface area (Å²) in [6.07, 6.45) is 3.34. The average Bonchev–Trinajstić information content (AvgIpc) is 2.76. The molecule has 0 aromatic heterocycles. The summed E-state index contributed by atoms with van der Waals surface area (Å²) in [5.41, 5.74) is 6.95. The van der Waals surface area contributed by atoms with Crippen molar-refractivity contribution in [2.24, 2.45) is 11.7 Å². The highest BCUT2D eigenvalue weighted by molar-refractivity contribution is 6.27. The van der Waals surface area contributed by atoms with Gasteiger partial charge in [0.05, 0.1) is 6.54 Å². The van der Waals surface area contributed by atoms with E-state index in [1.165, 1.54) is 0 Å². The van der Waals surface area contributed by atoms with Crippen molar-refractivity contribution in [3.05, 3.63) is 53.6 Å². The second kappa shape index (κ2) is 9.50. The molecule has 1 unspecified atom stereocenters. The number of fused-ring (bicyclic) bond motifs is 3. The van der Waals surface area contributed by atoms with Crippen LogP contribution < -0.4 is 16.4 Å². The minimum atomic E-state index is -1.41. The summed E-state index contributed by atoms with van der Waals surface area (Å²) in [4.78, 5) is 48.8. The highest BCUT2D eigenvalue weighted by Gasteiger charge is 2.38. The third-order valence-corrected chi connectivity index (χ3v) is 6.04. The minimum absolute atomic E-state index is 0.0140. The number of nitrogens with one attached hydrogen (secondary N) is 2. The van der Waals surface area contributed by atoms with Gasteiger partial charge in [0.25, 0.3) is 0 Å². The first-order valence-corrected chi connectivity index (χ1v) is 11.2. The Morgan fingerprint density at radius 2 is 1.70 bits per heavy atom. The summed E-state index contributed by atoms with van der Waals surface area (Å²) >= 11 is 0. The molecule has 3 aromatic rings. The molecule has 7 nitrogen and oxygen atoms in total. The molecule has 1 aliphatic carbocycles. The molecule has 3 aromatic carbocycles. The Morgan fingerprint density at radius 3 is 2.45 bits per heavy atom. The highest BCUT2D eigenvalue weighted by atomic mass is 16.2. The zero-order chi connectivity index (χ0) is 23.5. The summed E-state index contributed by atoms with van der Waals surface area (Å²) in [6.45, 7) is 3.21. The van der Waals surface area contributed by atoms with Gasteiger partial charge in [0.2, 0.25) is 11.8 Å². The van der Waals surface area contributed by atoms with Gasteiger partial charge in [-0.1, -0.05) is 25.8 Å². The first-order valence-electron chi connectivity index (χ1n) is 11.2. The van der Waals surface area contributed by atoms with Crippen LogP contribution in [-0.2, 0) is 20.8 Å². The number of nitrogens with two attached hydrogens (primary N) is 1. The van der Waals surface area contributed by atoms with Gasteiger partial charge < -0.3 is 16.4 Å². The summed E-state index contributed by atoms with van der Waals surface area (Å²) in [6, 6.07) is 13.1. The Balaban J connectivity index is 1.58. The van der Waals surface area contributed by atoms with Crippen LogP contribution in [-0.4, -0.2) is 36.5 Å². The molecule has 0 radical (unpaired) electrons. The van der Waals surface area contributed by atoms with Crippen molar-refractivity contribution in [2.75, 3.05) is 18.4 Å². The van der Waals surface area contributed by atoms with Crippen molar-refractivity contribution in [3.8, 4) is 0 Å². The zero-order valence-corrected chi connectivity index (χ0v) is 18.6. The van der Waals surface area contributed by atoms with E-state index in [0.29, 0.717) is 16.8 Å². The van der Waals surface area contributed by atoms with E-state index in [9.17, 15) is 19.2 Å². The number of anilines is 1. The van der Waals surface area contributed by atoms with Crippen LogP contribution >= 0.6 is 0 Å². The lowest BCUT2D eigenvalue weighted by Gasteiger charge is -2.21. The van der Waals surface area contributed by atoms with Gasteiger partial charge in [-0.3, -0.25) is 19.2 Å². The Kier molecular flexibility index (Phi) is 6.51. The lowest BCUT2D eigenvalue weighted by molar-refractivity contribution is -0.130. The van der Waals surface area contributed by atoms with Crippen molar-refractivity contribution in [3.63, 3.8) is 0 Å². The predicted octanol–water partition coefficient (Wildman–Crippen LogP) is 3.12. The van der Waals surface area contributed by atoms with Gasteiger partial charge in [-0.15, -0.1) is 0 Å². The maximum Gasteiger partial charge on any atom is 0.238 e. The fourth-order valence-electron chi connectivity index (χ4n) is 4.34. The molecule has 4 rings (SSSR count). The Morgan fingerprint density at radius 1 is 0.970 bits per heavy atom. The monoisotopic (exact) mass is 445 g/mol. The number of hydrogen-bond donors (Lipinski definition) is 3. The average molecular weight is 446 g/mol. The van der Waals surface area contributed by atoms with Crippen LogP contribution in [0.5, 0.6) is 0 Å². The van der Waals surface area contributed by atoms with Gasteiger partial charge in [0.15, 0.2) is 17.5 Å². The number of Topliss-reactive ketones (excluding diaryl/α,β-unsaturated/α-hetero) is 2. The number of amides is 2. The molecule has 0 heterocycles. The van der Waals surface area contributed by atoms with Crippen molar-refractivity contribution in [2.45, 2.75) is 32.6 Å². The molecule has 0 fully saturated rings. The van der Waals surface area contributed by atoms with E-state index in [4.69, 9.17) is 5.73 Å². The second-order valence-electron chi connectivity index (χ2n) is 8.55. The lowest BCUT2D eigenvalue weighted by atomic mass is 9.80. The third-order valence-electron chi connectivity index (χ3n) is 6.04. The lowest BCUT2D eigenvalue weighted by Crippen LogP contribution is -2.41. The van der Waals surface area contributed by atoms with Gasteiger partial charge in [-0.25, -0.2) is 0 Å². The van der Waals surface area contributed by atoms with E-state index < -0.39 is 23.4 Å². The molecular formula is C26H27N3O4. The molecule has 2 amide bonds. The fourth-order valence-corrected chi connectivity index (χ4v) is 4.34. The molecule has 1 aliphatic rings. The number of primary amides is 1. The number of unbranched alkanes of at least 4 members (excludes halogenated alkanes) is 2. The summed E-state index contributed by atoms with van der Waals surface area (Å²) in [5, 5.41) is 9.64. The molecule has 0 aliphatic heterocycles. The van der Waals surface area contributed by atoms with Gasteiger partial charge in [0, 0.05) is 17.7 Å². The molecular weight excluding hydrogens is 418 g/mol. The number of carbonyl (C=O) groups excluding carboxylic acids is 4. The Hall–Kier alpha value is -3.58. The summed E-state index contributed by atoms with van der Waals surface area (Å²) < 4.78 is 0. The molecule has 0 bridgehead atoms. The molecule has 7 heteroatoms. The molecule has 33 heavy (non-hydrogen) atoms. The Bertz CT molecular complexity index is 1280. The van der Waals surface area contributed by atoms with E-state index in [0.717, 1.165) is 47.4 Å². The van der Waals surface area contributed by atoms with Gasteiger partial charge in [-0.05, 0) is 76.5 Å². The van der Waals surface area contributed by atoms with Crippen molar-refractivity contribution >= 4 is 50.6 Å². The van der Waals surface area contributed by atoms with Crippen LogP contribution in [0.15, 0.2) is 42.5 Å². The smallest absolute Gasteiger partial charge is 0.238 e. The molecule has 0 saturated carbocycles. The molecule has 4 N–H and O–H groups in total. The number of rotatable bonds is 8. The van der Waals surface area contributed by atoms with E-state index in [1.807, 2.05) is 36.4 Å². The first kappa shape index (κ1) is 22.6. The van der Waals surface area contributed by atoms with Crippen molar-refractivity contribution < 1.29 is 19.2 Å². The Labute approximate surface area is 191 Å². The normalized spacial score (nSPS) is 15.6. The molecule has 1 atom stereocenters. The first-order chi connectivity index (χ1) is 15.9. The number of ketones is 2.